The van der Waals surface area contributed by atoms with Gasteiger partial charge in [-0.25, -0.2) is 13.6 Å². The average molecular weight is 330 g/mol. The van der Waals surface area contributed by atoms with Crippen molar-refractivity contribution in [3.8, 4) is 0 Å². The summed E-state index contributed by atoms with van der Waals surface area (Å²) < 4.78 is 23.0. The molecule has 0 aromatic heterocycles. The Morgan fingerprint density at radius 2 is 1.91 bits per heavy atom. The molecular formula is C18H22N2O2S. The molecule has 0 saturated carbocycles. The van der Waals surface area contributed by atoms with Gasteiger partial charge in [-0.05, 0) is 55.5 Å². The topological polar surface area (TPSA) is 63.4 Å². The molecule has 1 aliphatic rings. The molecule has 23 heavy (non-hydrogen) atoms. The number of fused-ring (bicyclic) bond motifs is 1. The second-order valence-corrected chi connectivity index (χ2v) is 7.73. The van der Waals surface area contributed by atoms with Crippen molar-refractivity contribution in [2.45, 2.75) is 37.1 Å². The van der Waals surface area contributed by atoms with Crippen LogP contribution in [0.3, 0.4) is 0 Å². The number of primary sulfonamides is 1. The molecule has 1 heterocycles. The van der Waals surface area contributed by atoms with Crippen molar-refractivity contribution in [3.05, 3.63) is 59.7 Å². The molecule has 0 saturated heterocycles. The minimum absolute atomic E-state index is 0.203. The molecule has 2 aromatic carbocycles. The van der Waals surface area contributed by atoms with Gasteiger partial charge >= 0.3 is 0 Å². The van der Waals surface area contributed by atoms with Crippen LogP contribution in [0.2, 0.25) is 0 Å². The number of nitrogens with zero attached hydrogens (tertiary/aromatic N) is 1. The first-order valence-corrected chi connectivity index (χ1v) is 9.46. The molecule has 0 bridgehead atoms. The van der Waals surface area contributed by atoms with E-state index in [-0.39, 0.29) is 4.90 Å². The molecule has 0 fully saturated rings. The zero-order valence-electron chi connectivity index (χ0n) is 13.3. The standard InChI is InChI=1S/C18H22N2O2S/c1-14-12-16-13-17(23(19,21)22)9-10-18(16)20(14)11-5-8-15-6-3-2-4-7-15/h2-4,6-7,9-10,13-14H,5,8,11-12H2,1H3,(H2,19,21,22)/t14-/m0/s1. The molecule has 0 radical (unpaired) electrons. The van der Waals surface area contributed by atoms with Crippen LogP contribution in [0.4, 0.5) is 5.69 Å². The minimum atomic E-state index is -3.63. The molecule has 0 unspecified atom stereocenters. The van der Waals surface area contributed by atoms with Gasteiger partial charge in [-0.1, -0.05) is 30.3 Å². The van der Waals surface area contributed by atoms with E-state index in [4.69, 9.17) is 5.14 Å². The number of anilines is 1. The average Bonchev–Trinajstić information content (AvgIpc) is 2.83. The van der Waals surface area contributed by atoms with Crippen molar-refractivity contribution in [2.75, 3.05) is 11.4 Å². The second-order valence-electron chi connectivity index (χ2n) is 6.17. The Labute approximate surface area is 138 Å². The summed E-state index contributed by atoms with van der Waals surface area (Å²) in [5.41, 5.74) is 3.56. The molecule has 0 aliphatic carbocycles. The highest BCUT2D eigenvalue weighted by Gasteiger charge is 2.26. The van der Waals surface area contributed by atoms with Gasteiger partial charge in [0.1, 0.15) is 0 Å². The van der Waals surface area contributed by atoms with Gasteiger partial charge in [0, 0.05) is 18.3 Å². The van der Waals surface area contributed by atoms with Gasteiger partial charge in [-0.2, -0.15) is 0 Å². The summed E-state index contributed by atoms with van der Waals surface area (Å²) in [6.07, 6.45) is 2.99. The Morgan fingerprint density at radius 1 is 1.17 bits per heavy atom. The summed E-state index contributed by atoms with van der Waals surface area (Å²) in [6, 6.07) is 16.1. The Kier molecular flexibility index (Phi) is 4.41. The number of hydrogen-bond donors (Lipinski definition) is 1. The Bertz CT molecular complexity index is 788. The van der Waals surface area contributed by atoms with Gasteiger partial charge in [0.25, 0.3) is 0 Å². The van der Waals surface area contributed by atoms with Crippen molar-refractivity contribution in [3.63, 3.8) is 0 Å². The van der Waals surface area contributed by atoms with Crippen molar-refractivity contribution < 1.29 is 8.42 Å². The lowest BCUT2D eigenvalue weighted by Crippen LogP contribution is -2.30. The normalized spacial score (nSPS) is 17.3. The molecular weight excluding hydrogens is 308 g/mol. The van der Waals surface area contributed by atoms with Crippen molar-refractivity contribution in [1.29, 1.82) is 0 Å². The summed E-state index contributed by atoms with van der Waals surface area (Å²) in [7, 11) is -3.63. The van der Waals surface area contributed by atoms with Gasteiger partial charge < -0.3 is 4.90 Å². The highest BCUT2D eigenvalue weighted by molar-refractivity contribution is 7.89. The maximum absolute atomic E-state index is 11.5. The van der Waals surface area contributed by atoms with Crippen LogP contribution in [-0.2, 0) is 22.9 Å². The first-order chi connectivity index (χ1) is 10.9. The molecule has 0 spiro atoms. The summed E-state index contributed by atoms with van der Waals surface area (Å²) in [4.78, 5) is 2.57. The first kappa shape index (κ1) is 16.0. The smallest absolute Gasteiger partial charge is 0.238 e. The summed E-state index contributed by atoms with van der Waals surface area (Å²) in [5.74, 6) is 0. The van der Waals surface area contributed by atoms with Crippen LogP contribution < -0.4 is 10.0 Å². The van der Waals surface area contributed by atoms with E-state index in [1.165, 1.54) is 5.56 Å². The lowest BCUT2D eigenvalue weighted by molar-refractivity contribution is 0.597. The largest absolute Gasteiger partial charge is 0.368 e. The summed E-state index contributed by atoms with van der Waals surface area (Å²) >= 11 is 0. The number of sulfonamides is 1. The Balaban J connectivity index is 1.71. The summed E-state index contributed by atoms with van der Waals surface area (Å²) in [5, 5.41) is 5.22. The highest BCUT2D eigenvalue weighted by atomic mass is 32.2. The second kappa shape index (κ2) is 6.34. The molecule has 1 aliphatic heterocycles. The van der Waals surface area contributed by atoms with Crippen molar-refractivity contribution in [1.82, 2.24) is 0 Å². The summed E-state index contributed by atoms with van der Waals surface area (Å²) in [6.45, 7) is 3.15. The fourth-order valence-corrected chi connectivity index (χ4v) is 3.85. The van der Waals surface area contributed by atoms with Crippen LogP contribution in [0.25, 0.3) is 0 Å². The lowest BCUT2D eigenvalue weighted by atomic mass is 10.1. The van der Waals surface area contributed by atoms with Gasteiger partial charge in [-0.15, -0.1) is 0 Å². The Morgan fingerprint density at radius 3 is 2.61 bits per heavy atom. The maximum atomic E-state index is 11.5. The number of benzene rings is 2. The van der Waals surface area contributed by atoms with Gasteiger partial charge in [0.2, 0.25) is 10.0 Å². The van der Waals surface area contributed by atoms with E-state index in [0.29, 0.717) is 6.04 Å². The number of hydrogen-bond acceptors (Lipinski definition) is 3. The minimum Gasteiger partial charge on any atom is -0.368 e. The molecule has 1 atom stereocenters. The third-order valence-electron chi connectivity index (χ3n) is 4.44. The predicted octanol–water partition coefficient (Wildman–Crippen LogP) is 2.72. The van der Waals surface area contributed by atoms with Crippen LogP contribution >= 0.6 is 0 Å². The van der Waals surface area contributed by atoms with Crippen molar-refractivity contribution in [2.24, 2.45) is 5.14 Å². The SMILES string of the molecule is C[C@H]1Cc2cc(S(N)(=O)=O)ccc2N1CCCc1ccccc1. The zero-order valence-corrected chi connectivity index (χ0v) is 14.1. The molecule has 122 valence electrons. The number of aryl methyl sites for hydroxylation is 1. The van der Waals surface area contributed by atoms with Crippen molar-refractivity contribution >= 4 is 15.7 Å². The number of nitrogens with two attached hydrogens (primary N) is 1. The van der Waals surface area contributed by atoms with Crippen LogP contribution in [-0.4, -0.2) is 21.0 Å². The molecule has 4 nitrogen and oxygen atoms in total. The van der Waals surface area contributed by atoms with Crippen LogP contribution in [0.5, 0.6) is 0 Å². The highest BCUT2D eigenvalue weighted by Crippen LogP contribution is 2.33. The molecule has 2 N–H and O–H groups in total. The van der Waals surface area contributed by atoms with Gasteiger partial charge in [-0.3, -0.25) is 0 Å². The van der Waals surface area contributed by atoms with Crippen LogP contribution in [0, 0.1) is 0 Å². The lowest BCUT2D eigenvalue weighted by Gasteiger charge is -2.25. The predicted molar refractivity (Wildman–Crippen MR) is 93.1 cm³/mol. The van der Waals surface area contributed by atoms with E-state index in [1.807, 2.05) is 12.1 Å². The maximum Gasteiger partial charge on any atom is 0.238 e. The zero-order chi connectivity index (χ0) is 16.4. The van der Waals surface area contributed by atoms with Gasteiger partial charge in [0.05, 0.1) is 4.90 Å². The quantitative estimate of drug-likeness (QED) is 0.917. The molecule has 5 heteroatoms. The van der Waals surface area contributed by atoms with E-state index >= 15 is 0 Å². The molecule has 2 aromatic rings. The van der Waals surface area contributed by atoms with E-state index in [0.717, 1.165) is 37.1 Å². The van der Waals surface area contributed by atoms with E-state index in [9.17, 15) is 8.42 Å². The van der Waals surface area contributed by atoms with E-state index in [1.54, 1.807) is 12.1 Å². The Hall–Kier alpha value is -1.85. The van der Waals surface area contributed by atoms with Crippen LogP contribution in [0.15, 0.2) is 53.4 Å². The fourth-order valence-electron chi connectivity index (χ4n) is 3.29. The van der Waals surface area contributed by atoms with Gasteiger partial charge in [0.15, 0.2) is 0 Å². The van der Waals surface area contributed by atoms with E-state index < -0.39 is 10.0 Å². The number of rotatable bonds is 5. The third kappa shape index (κ3) is 3.57. The first-order valence-electron chi connectivity index (χ1n) is 7.91. The fraction of sp³-hybridized carbons (Fsp3) is 0.333. The molecule has 3 rings (SSSR count). The van der Waals surface area contributed by atoms with E-state index in [2.05, 4.69) is 36.1 Å². The van der Waals surface area contributed by atoms with Crippen LogP contribution in [0.1, 0.15) is 24.5 Å². The monoisotopic (exact) mass is 330 g/mol. The molecule has 0 amide bonds. The third-order valence-corrected chi connectivity index (χ3v) is 5.35.